The molecule has 5 rings (SSSR count). The Morgan fingerprint density at radius 1 is 1.03 bits per heavy atom. The third-order valence-electron chi connectivity index (χ3n) is 5.74. The van der Waals surface area contributed by atoms with Gasteiger partial charge < -0.3 is 5.11 Å². The van der Waals surface area contributed by atoms with Crippen LogP contribution in [0.25, 0.3) is 5.76 Å². The first kappa shape index (κ1) is 24.4. The Balaban J connectivity index is 1.55. The number of carbonyl (C=O) groups excluding carboxylic acids is 2. The van der Waals surface area contributed by atoms with Crippen molar-refractivity contribution >= 4 is 61.6 Å². The average molecular weight is 579 g/mol. The summed E-state index contributed by atoms with van der Waals surface area (Å²) in [5, 5.41) is 20.0. The van der Waals surface area contributed by atoms with Crippen LogP contribution in [0.5, 0.6) is 0 Å². The number of carbonyl (C=O) groups is 2. The molecule has 1 amide bonds. The summed E-state index contributed by atoms with van der Waals surface area (Å²) in [5.41, 5.74) is 3.33. The lowest BCUT2D eigenvalue weighted by Gasteiger charge is -2.22. The highest BCUT2D eigenvalue weighted by molar-refractivity contribution is 9.10. The Labute approximate surface area is 224 Å². The fourth-order valence-corrected chi connectivity index (χ4v) is 6.21. The maximum Gasteiger partial charge on any atom is 0.301 e. The summed E-state index contributed by atoms with van der Waals surface area (Å²) in [6.07, 6.45) is 0. The van der Waals surface area contributed by atoms with E-state index in [0.717, 1.165) is 15.6 Å². The van der Waals surface area contributed by atoms with Gasteiger partial charge in [-0.25, -0.2) is 0 Å². The summed E-state index contributed by atoms with van der Waals surface area (Å²) in [7, 11) is 0. The van der Waals surface area contributed by atoms with Gasteiger partial charge in [0, 0.05) is 15.8 Å². The molecule has 180 valence electrons. The Hall–Kier alpha value is -3.27. The van der Waals surface area contributed by atoms with Gasteiger partial charge in [0.15, 0.2) is 4.34 Å². The minimum Gasteiger partial charge on any atom is -0.507 e. The largest absolute Gasteiger partial charge is 0.507 e. The fraction of sp³-hybridized carbons (Fsp3) is 0.111. The normalized spacial score (nSPS) is 17.1. The standard InChI is InChI=1S/C27H20BrN3O3S2/c1-16-10-12-18(13-11-16)23(32)21-22(19-8-5-9-20(28)14-19)31(25(34)24(21)33)26-29-30-27(36-26)35-15-17-6-3-2-4-7-17/h2-14,22,32H,15H2,1H3/b23-21-. The maximum atomic E-state index is 13.3. The minimum atomic E-state index is -0.844. The number of aromatic nitrogens is 2. The molecule has 0 saturated carbocycles. The molecule has 1 aromatic heterocycles. The van der Waals surface area contributed by atoms with Crippen LogP contribution in [0.3, 0.4) is 0 Å². The van der Waals surface area contributed by atoms with Crippen LogP contribution in [0.2, 0.25) is 0 Å². The van der Waals surface area contributed by atoms with Crippen molar-refractivity contribution in [2.45, 2.75) is 23.1 Å². The van der Waals surface area contributed by atoms with Gasteiger partial charge in [0.25, 0.3) is 5.78 Å². The van der Waals surface area contributed by atoms with Gasteiger partial charge in [-0.15, -0.1) is 10.2 Å². The predicted octanol–water partition coefficient (Wildman–Crippen LogP) is 6.53. The van der Waals surface area contributed by atoms with E-state index in [-0.39, 0.29) is 11.3 Å². The second kappa shape index (κ2) is 10.4. The highest BCUT2D eigenvalue weighted by atomic mass is 79.9. The molecule has 0 radical (unpaired) electrons. The molecule has 2 heterocycles. The van der Waals surface area contributed by atoms with Gasteiger partial charge in [0.1, 0.15) is 5.76 Å². The molecule has 0 bridgehead atoms. The zero-order valence-corrected chi connectivity index (χ0v) is 22.3. The molecule has 0 spiro atoms. The van der Waals surface area contributed by atoms with Gasteiger partial charge in [0.2, 0.25) is 5.13 Å². The summed E-state index contributed by atoms with van der Waals surface area (Å²) >= 11 is 6.24. The van der Waals surface area contributed by atoms with Crippen LogP contribution in [0, 0.1) is 6.92 Å². The van der Waals surface area contributed by atoms with Crippen molar-refractivity contribution in [2.24, 2.45) is 0 Å². The molecule has 3 aromatic carbocycles. The number of thioether (sulfide) groups is 1. The van der Waals surface area contributed by atoms with Crippen molar-refractivity contribution in [1.82, 2.24) is 10.2 Å². The highest BCUT2D eigenvalue weighted by Gasteiger charge is 2.48. The SMILES string of the molecule is Cc1ccc(/C(O)=C2/C(=O)C(=O)N(c3nnc(SCc4ccccc4)s3)C2c2cccc(Br)c2)cc1. The molecule has 1 atom stereocenters. The molecule has 1 saturated heterocycles. The van der Waals surface area contributed by atoms with Gasteiger partial charge in [-0.3, -0.25) is 14.5 Å². The number of nitrogens with zero attached hydrogens (tertiary/aromatic N) is 3. The van der Waals surface area contributed by atoms with Crippen molar-refractivity contribution in [3.63, 3.8) is 0 Å². The lowest BCUT2D eigenvalue weighted by Crippen LogP contribution is -2.29. The maximum absolute atomic E-state index is 13.3. The molecule has 1 aliphatic rings. The van der Waals surface area contributed by atoms with E-state index in [1.54, 1.807) is 12.1 Å². The molecule has 36 heavy (non-hydrogen) atoms. The van der Waals surface area contributed by atoms with Crippen LogP contribution in [0.1, 0.15) is 28.3 Å². The van der Waals surface area contributed by atoms with Gasteiger partial charge in [0.05, 0.1) is 11.6 Å². The van der Waals surface area contributed by atoms with Gasteiger partial charge in [-0.05, 0) is 30.2 Å². The number of benzene rings is 3. The lowest BCUT2D eigenvalue weighted by atomic mass is 9.95. The predicted molar refractivity (Wildman–Crippen MR) is 146 cm³/mol. The van der Waals surface area contributed by atoms with E-state index in [1.165, 1.54) is 28.0 Å². The summed E-state index contributed by atoms with van der Waals surface area (Å²) in [4.78, 5) is 27.9. The number of aryl methyl sites for hydroxylation is 1. The molecular weight excluding hydrogens is 558 g/mol. The van der Waals surface area contributed by atoms with Crippen LogP contribution >= 0.6 is 39.0 Å². The molecule has 6 nitrogen and oxygen atoms in total. The number of aliphatic hydroxyl groups excluding tert-OH is 1. The van der Waals surface area contributed by atoms with E-state index in [9.17, 15) is 14.7 Å². The van der Waals surface area contributed by atoms with Crippen molar-refractivity contribution in [3.05, 3.63) is 111 Å². The van der Waals surface area contributed by atoms with Gasteiger partial charge in [-0.2, -0.15) is 0 Å². The topological polar surface area (TPSA) is 83.4 Å². The molecule has 4 aromatic rings. The molecular formula is C27H20BrN3O3S2. The molecule has 0 aliphatic carbocycles. The molecule has 1 aliphatic heterocycles. The van der Waals surface area contributed by atoms with Crippen LogP contribution in [-0.4, -0.2) is 27.0 Å². The Bertz CT molecular complexity index is 1470. The first-order chi connectivity index (χ1) is 17.4. The number of anilines is 1. The smallest absolute Gasteiger partial charge is 0.301 e. The Kier molecular flexibility index (Phi) is 7.04. The summed E-state index contributed by atoms with van der Waals surface area (Å²) in [6.45, 7) is 1.94. The zero-order valence-electron chi connectivity index (χ0n) is 19.1. The van der Waals surface area contributed by atoms with Gasteiger partial charge >= 0.3 is 5.91 Å². The van der Waals surface area contributed by atoms with Crippen molar-refractivity contribution in [1.29, 1.82) is 0 Å². The second-order valence-corrected chi connectivity index (χ2v) is 11.3. The van der Waals surface area contributed by atoms with E-state index in [1.807, 2.05) is 73.7 Å². The van der Waals surface area contributed by atoms with E-state index >= 15 is 0 Å². The van der Waals surface area contributed by atoms with Crippen molar-refractivity contribution < 1.29 is 14.7 Å². The number of amides is 1. The van der Waals surface area contributed by atoms with Crippen LogP contribution in [0.15, 0.2) is 93.2 Å². The van der Waals surface area contributed by atoms with Crippen molar-refractivity contribution in [2.75, 3.05) is 4.90 Å². The molecule has 1 fully saturated rings. The first-order valence-corrected chi connectivity index (χ1v) is 13.7. The number of Topliss-reactive ketones (excluding diaryl/α,β-unsaturated/α-hetero) is 1. The Morgan fingerprint density at radius 2 is 1.78 bits per heavy atom. The summed E-state index contributed by atoms with van der Waals surface area (Å²) in [6, 6.07) is 23.7. The van der Waals surface area contributed by atoms with Crippen LogP contribution in [0.4, 0.5) is 5.13 Å². The first-order valence-electron chi connectivity index (χ1n) is 11.1. The summed E-state index contributed by atoms with van der Waals surface area (Å²) in [5.74, 6) is -1.02. The number of hydrogen-bond acceptors (Lipinski definition) is 7. The van der Waals surface area contributed by atoms with Crippen molar-refractivity contribution in [3.8, 4) is 0 Å². The molecule has 1 N–H and O–H groups in total. The van der Waals surface area contributed by atoms with E-state index in [2.05, 4.69) is 26.1 Å². The number of hydrogen-bond donors (Lipinski definition) is 1. The monoisotopic (exact) mass is 577 g/mol. The zero-order chi connectivity index (χ0) is 25.2. The third kappa shape index (κ3) is 4.86. The van der Waals surface area contributed by atoms with Crippen LogP contribution < -0.4 is 4.90 Å². The minimum absolute atomic E-state index is 0.0237. The van der Waals surface area contributed by atoms with Gasteiger partial charge in [-0.1, -0.05) is 111 Å². The molecule has 9 heteroatoms. The van der Waals surface area contributed by atoms with E-state index in [0.29, 0.717) is 26.4 Å². The number of ketones is 1. The summed E-state index contributed by atoms with van der Waals surface area (Å²) < 4.78 is 1.47. The highest BCUT2D eigenvalue weighted by Crippen LogP contribution is 2.44. The number of aliphatic hydroxyl groups is 1. The average Bonchev–Trinajstić information content (AvgIpc) is 3.45. The second-order valence-electron chi connectivity index (χ2n) is 8.21. The number of halogens is 1. The lowest BCUT2D eigenvalue weighted by molar-refractivity contribution is -0.132. The van der Waals surface area contributed by atoms with E-state index < -0.39 is 17.7 Å². The van der Waals surface area contributed by atoms with Crippen LogP contribution in [-0.2, 0) is 15.3 Å². The third-order valence-corrected chi connectivity index (χ3v) is 8.36. The van der Waals surface area contributed by atoms with E-state index in [4.69, 9.17) is 0 Å². The fourth-order valence-electron chi connectivity index (χ4n) is 3.97. The quantitative estimate of drug-likeness (QED) is 0.0922. The Morgan fingerprint density at radius 3 is 2.50 bits per heavy atom. The number of rotatable bonds is 6. The molecule has 1 unspecified atom stereocenters.